The molecule has 14 heavy (non-hydrogen) atoms. The minimum Gasteiger partial charge on any atom is -0.166 e. The van der Waals surface area contributed by atoms with Gasteiger partial charge in [-0.25, -0.2) is 0 Å². The van der Waals surface area contributed by atoms with Crippen molar-refractivity contribution in [2.45, 2.75) is 25.8 Å². The van der Waals surface area contributed by atoms with Gasteiger partial charge in [0.05, 0.1) is 0 Å². The van der Waals surface area contributed by atoms with Gasteiger partial charge >= 0.3 is 0 Å². The Morgan fingerprint density at radius 2 is 2.00 bits per heavy atom. The second-order valence-corrected chi connectivity index (χ2v) is 7.10. The molecule has 1 unspecified atom stereocenters. The Bertz CT molecular complexity index is 269. The third kappa shape index (κ3) is 4.63. The molecule has 0 aliphatic heterocycles. The van der Waals surface area contributed by atoms with Crippen LogP contribution in [0.15, 0.2) is 42.1 Å². The molecule has 0 N–H and O–H groups in total. The molecular weight excluding hydrogens is 208 g/mol. The molecule has 0 aromatic heterocycles. The van der Waals surface area contributed by atoms with Crippen molar-refractivity contribution in [1.82, 2.24) is 0 Å². The maximum absolute atomic E-state index is 6.20. The minimum atomic E-state index is -1.05. The Morgan fingerprint density at radius 3 is 2.64 bits per heavy atom. The Kier molecular flexibility index (Phi) is 5.65. The first kappa shape index (κ1) is 11.5. The van der Waals surface area contributed by atoms with Crippen molar-refractivity contribution < 1.29 is 0 Å². The molecule has 0 saturated heterocycles. The minimum absolute atomic E-state index is 1.01. The summed E-state index contributed by atoms with van der Waals surface area (Å²) in [6.45, 7) is 2.19. The zero-order valence-corrected chi connectivity index (χ0v) is 10.5. The third-order valence-corrected chi connectivity index (χ3v) is 5.02. The number of allylic oxidation sites excluding steroid dienone is 1. The zero-order valence-electron chi connectivity index (χ0n) is 8.62. The summed E-state index contributed by atoms with van der Waals surface area (Å²) < 4.78 is 0. The summed E-state index contributed by atoms with van der Waals surface area (Å²) in [5.74, 6) is 0. The highest BCUT2D eigenvalue weighted by Gasteiger charge is 1.98. The van der Waals surface area contributed by atoms with E-state index in [1.165, 1.54) is 18.0 Å². The van der Waals surface area contributed by atoms with Crippen LogP contribution in [-0.4, -0.2) is 8.11 Å². The quantitative estimate of drug-likeness (QED) is 0.529. The van der Waals surface area contributed by atoms with E-state index in [9.17, 15) is 0 Å². The number of hydrogen-bond donors (Lipinski definition) is 0. The summed E-state index contributed by atoms with van der Waals surface area (Å²) in [6, 6.07) is 11.7. The average molecular weight is 225 g/mol. The second kappa shape index (κ2) is 6.85. The fourth-order valence-corrected chi connectivity index (χ4v) is 3.48. The largest absolute Gasteiger partial charge is 0.166 e. The van der Waals surface area contributed by atoms with Crippen LogP contribution in [0.4, 0.5) is 0 Å². The number of hydrogen-bond acceptors (Lipinski definition) is 0. The molecule has 1 aromatic rings. The van der Waals surface area contributed by atoms with Gasteiger partial charge in [0.15, 0.2) is 8.11 Å². The molecule has 0 saturated carbocycles. The lowest BCUT2D eigenvalue weighted by Gasteiger charge is -1.98. The molecule has 0 fully saturated rings. The van der Waals surface area contributed by atoms with Crippen molar-refractivity contribution >= 4 is 19.2 Å². The maximum atomic E-state index is 6.20. The van der Waals surface area contributed by atoms with Gasteiger partial charge in [0.2, 0.25) is 0 Å². The van der Waals surface area contributed by atoms with Crippen LogP contribution in [0.25, 0.3) is 0 Å². The van der Waals surface area contributed by atoms with E-state index in [0.29, 0.717) is 0 Å². The predicted octanol–water partition coefficient (Wildman–Crippen LogP) is 3.70. The van der Waals surface area contributed by atoms with Crippen LogP contribution in [-0.2, 0) is 6.42 Å². The lowest BCUT2D eigenvalue weighted by atomic mass is 10.2. The maximum Gasteiger partial charge on any atom is 0.164 e. The van der Waals surface area contributed by atoms with E-state index in [2.05, 4.69) is 43.0 Å². The highest BCUT2D eigenvalue weighted by atomic mass is 35.6. The summed E-state index contributed by atoms with van der Waals surface area (Å²) in [7, 11) is -1.05. The first-order valence-electron chi connectivity index (χ1n) is 5.17. The molecule has 0 aliphatic rings. The van der Waals surface area contributed by atoms with Crippen molar-refractivity contribution in [2.75, 3.05) is 0 Å². The van der Waals surface area contributed by atoms with Gasteiger partial charge in [0.1, 0.15) is 0 Å². The van der Waals surface area contributed by atoms with Gasteiger partial charge in [0, 0.05) is 0 Å². The lowest BCUT2D eigenvalue weighted by Crippen LogP contribution is -1.97. The first-order chi connectivity index (χ1) is 6.83. The molecule has 76 valence electrons. The standard InChI is InChI=1S/C12H17ClSi/c1-2-10-14(13)11-6-9-12-7-4-3-5-8-12/h3-8,11,14H,2,9-10H2,1H3. The molecule has 0 radical (unpaired) electrons. The van der Waals surface area contributed by atoms with Gasteiger partial charge in [-0.15, -0.1) is 0 Å². The van der Waals surface area contributed by atoms with Gasteiger partial charge in [-0.05, 0) is 18.0 Å². The van der Waals surface area contributed by atoms with E-state index in [1.54, 1.807) is 0 Å². The molecule has 1 aromatic carbocycles. The molecule has 0 heterocycles. The molecule has 0 aliphatic carbocycles. The summed E-state index contributed by atoms with van der Waals surface area (Å²) in [4.78, 5) is 0. The monoisotopic (exact) mass is 224 g/mol. The molecule has 0 nitrogen and oxygen atoms in total. The fourth-order valence-electron chi connectivity index (χ4n) is 1.34. The molecule has 0 spiro atoms. The van der Waals surface area contributed by atoms with Crippen LogP contribution < -0.4 is 0 Å². The zero-order chi connectivity index (χ0) is 10.2. The molecule has 1 rings (SSSR count). The van der Waals surface area contributed by atoms with Crippen LogP contribution >= 0.6 is 11.1 Å². The van der Waals surface area contributed by atoms with Crippen LogP contribution in [0.1, 0.15) is 18.9 Å². The average Bonchev–Trinajstić information content (AvgIpc) is 2.20. The van der Waals surface area contributed by atoms with Gasteiger partial charge in [-0.2, -0.15) is 11.1 Å². The number of rotatable bonds is 5. The SMILES string of the molecule is CCC[SiH](Cl)C=CCc1ccccc1. The topological polar surface area (TPSA) is 0 Å². The Labute approximate surface area is 92.9 Å². The summed E-state index contributed by atoms with van der Waals surface area (Å²) in [6.07, 6.45) is 4.44. The molecular formula is C12H17ClSi. The van der Waals surface area contributed by atoms with E-state index >= 15 is 0 Å². The smallest absolute Gasteiger partial charge is 0.164 e. The van der Waals surface area contributed by atoms with E-state index in [1.807, 2.05) is 6.07 Å². The van der Waals surface area contributed by atoms with Crippen molar-refractivity contribution in [3.63, 3.8) is 0 Å². The van der Waals surface area contributed by atoms with Crippen molar-refractivity contribution in [2.24, 2.45) is 0 Å². The predicted molar refractivity (Wildman–Crippen MR) is 67.4 cm³/mol. The third-order valence-electron chi connectivity index (χ3n) is 2.11. The summed E-state index contributed by atoms with van der Waals surface area (Å²) >= 11 is 6.20. The Hall–Kier alpha value is -0.533. The second-order valence-electron chi connectivity index (χ2n) is 3.42. The lowest BCUT2D eigenvalue weighted by molar-refractivity contribution is 1.07. The first-order valence-corrected chi connectivity index (χ1v) is 8.40. The van der Waals surface area contributed by atoms with Crippen LogP contribution in [0.5, 0.6) is 0 Å². The van der Waals surface area contributed by atoms with E-state index in [4.69, 9.17) is 11.1 Å². The highest BCUT2D eigenvalue weighted by Crippen LogP contribution is 2.05. The van der Waals surface area contributed by atoms with Gasteiger partial charge < -0.3 is 0 Å². The molecule has 0 amide bonds. The normalized spacial score (nSPS) is 13.3. The van der Waals surface area contributed by atoms with Crippen molar-refractivity contribution in [1.29, 1.82) is 0 Å². The number of halogens is 1. The van der Waals surface area contributed by atoms with Crippen LogP contribution in [0, 0.1) is 0 Å². The van der Waals surface area contributed by atoms with Gasteiger partial charge in [0.25, 0.3) is 0 Å². The van der Waals surface area contributed by atoms with Gasteiger partial charge in [-0.3, -0.25) is 0 Å². The fraction of sp³-hybridized carbons (Fsp3) is 0.333. The Morgan fingerprint density at radius 1 is 1.29 bits per heavy atom. The molecule has 0 bridgehead atoms. The molecule has 2 heteroatoms. The van der Waals surface area contributed by atoms with E-state index in [-0.39, 0.29) is 0 Å². The summed E-state index contributed by atoms with van der Waals surface area (Å²) in [5, 5.41) is 0. The number of benzene rings is 1. The summed E-state index contributed by atoms with van der Waals surface area (Å²) in [5.41, 5.74) is 3.59. The van der Waals surface area contributed by atoms with Gasteiger partial charge in [-0.1, -0.05) is 55.5 Å². The van der Waals surface area contributed by atoms with E-state index < -0.39 is 8.11 Å². The Balaban J connectivity index is 2.33. The molecule has 1 atom stereocenters. The van der Waals surface area contributed by atoms with Crippen LogP contribution in [0.3, 0.4) is 0 Å². The van der Waals surface area contributed by atoms with Crippen LogP contribution in [0.2, 0.25) is 6.04 Å². The van der Waals surface area contributed by atoms with Crippen molar-refractivity contribution in [3.8, 4) is 0 Å². The van der Waals surface area contributed by atoms with E-state index in [0.717, 1.165) is 6.42 Å². The van der Waals surface area contributed by atoms with Crippen molar-refractivity contribution in [3.05, 3.63) is 47.7 Å². The highest BCUT2D eigenvalue weighted by molar-refractivity contribution is 7.09.